The summed E-state index contributed by atoms with van der Waals surface area (Å²) in [5.74, 6) is 2.55. The molecule has 0 spiro atoms. The summed E-state index contributed by atoms with van der Waals surface area (Å²) < 4.78 is 10.6. The number of amides is 1. The number of carbonyl (C=O) groups excluding carboxylic acids is 1. The van der Waals surface area contributed by atoms with E-state index in [0.717, 1.165) is 30.2 Å². The van der Waals surface area contributed by atoms with Gasteiger partial charge in [-0.25, -0.2) is 9.97 Å². The van der Waals surface area contributed by atoms with Crippen molar-refractivity contribution in [2.24, 2.45) is 0 Å². The SMILES string of the molecule is CCN(CC)c1cc(C(=O)NCc2ccc3c(c2)OCO3)nc(C)n1. The molecule has 0 aliphatic carbocycles. The number of hydrogen-bond acceptors (Lipinski definition) is 6. The van der Waals surface area contributed by atoms with Gasteiger partial charge in [0.2, 0.25) is 6.79 Å². The Balaban J connectivity index is 1.70. The predicted octanol–water partition coefficient (Wildman–Crippen LogP) is 2.29. The minimum absolute atomic E-state index is 0.225. The first-order valence-corrected chi connectivity index (χ1v) is 8.38. The second-order valence-electron chi connectivity index (χ2n) is 5.70. The van der Waals surface area contributed by atoms with E-state index >= 15 is 0 Å². The van der Waals surface area contributed by atoms with Gasteiger partial charge in [0.25, 0.3) is 5.91 Å². The summed E-state index contributed by atoms with van der Waals surface area (Å²) in [4.78, 5) is 23.2. The van der Waals surface area contributed by atoms with Crippen molar-refractivity contribution < 1.29 is 14.3 Å². The van der Waals surface area contributed by atoms with E-state index in [1.165, 1.54) is 0 Å². The van der Waals surface area contributed by atoms with Gasteiger partial charge in [0.1, 0.15) is 17.3 Å². The van der Waals surface area contributed by atoms with E-state index in [0.29, 0.717) is 23.8 Å². The molecular weight excluding hydrogens is 320 g/mol. The van der Waals surface area contributed by atoms with Gasteiger partial charge in [-0.05, 0) is 38.5 Å². The third-order valence-corrected chi connectivity index (χ3v) is 4.03. The van der Waals surface area contributed by atoms with Gasteiger partial charge in [-0.3, -0.25) is 4.79 Å². The maximum absolute atomic E-state index is 12.5. The Morgan fingerprint density at radius 3 is 2.68 bits per heavy atom. The Hall–Kier alpha value is -2.83. The number of nitrogens with zero attached hydrogens (tertiary/aromatic N) is 3. The zero-order valence-electron chi connectivity index (χ0n) is 14.7. The van der Waals surface area contributed by atoms with Gasteiger partial charge in [-0.2, -0.15) is 0 Å². The highest BCUT2D eigenvalue weighted by molar-refractivity contribution is 5.92. The highest BCUT2D eigenvalue weighted by atomic mass is 16.7. The highest BCUT2D eigenvalue weighted by Gasteiger charge is 2.15. The highest BCUT2D eigenvalue weighted by Crippen LogP contribution is 2.32. The van der Waals surface area contributed by atoms with E-state index in [1.54, 1.807) is 13.0 Å². The molecule has 1 amide bonds. The standard InChI is InChI=1S/C18H22N4O3/c1-4-22(5-2)17-9-14(20-12(3)21-17)18(23)19-10-13-6-7-15-16(8-13)25-11-24-15/h6-9H,4-5,10-11H2,1-3H3,(H,19,23). The molecule has 2 aromatic rings. The maximum atomic E-state index is 12.5. The summed E-state index contributed by atoms with van der Waals surface area (Å²) in [5, 5.41) is 2.89. The van der Waals surface area contributed by atoms with Crippen LogP contribution in [0.5, 0.6) is 11.5 Å². The Morgan fingerprint density at radius 1 is 1.16 bits per heavy atom. The molecule has 25 heavy (non-hydrogen) atoms. The van der Waals surface area contributed by atoms with Crippen LogP contribution in [0.15, 0.2) is 24.3 Å². The lowest BCUT2D eigenvalue weighted by molar-refractivity contribution is 0.0945. The van der Waals surface area contributed by atoms with Crippen molar-refractivity contribution in [1.29, 1.82) is 0 Å². The first-order valence-electron chi connectivity index (χ1n) is 8.38. The van der Waals surface area contributed by atoms with Gasteiger partial charge in [0.15, 0.2) is 11.5 Å². The lowest BCUT2D eigenvalue weighted by atomic mass is 10.2. The van der Waals surface area contributed by atoms with Gasteiger partial charge < -0.3 is 19.7 Å². The minimum Gasteiger partial charge on any atom is -0.454 e. The molecule has 0 unspecified atom stereocenters. The van der Waals surface area contributed by atoms with Crippen LogP contribution in [0.2, 0.25) is 0 Å². The van der Waals surface area contributed by atoms with Crippen molar-refractivity contribution in [3.63, 3.8) is 0 Å². The smallest absolute Gasteiger partial charge is 0.270 e. The molecule has 3 rings (SSSR count). The number of carbonyl (C=O) groups is 1. The van der Waals surface area contributed by atoms with Gasteiger partial charge in [0, 0.05) is 25.7 Å². The maximum Gasteiger partial charge on any atom is 0.270 e. The number of benzene rings is 1. The summed E-state index contributed by atoms with van der Waals surface area (Å²) in [6.07, 6.45) is 0. The average molecular weight is 342 g/mol. The zero-order chi connectivity index (χ0) is 17.8. The molecule has 132 valence electrons. The number of nitrogens with one attached hydrogen (secondary N) is 1. The topological polar surface area (TPSA) is 76.6 Å². The fraction of sp³-hybridized carbons (Fsp3) is 0.389. The van der Waals surface area contributed by atoms with Crippen LogP contribution in [0, 0.1) is 6.92 Å². The molecule has 0 bridgehead atoms. The van der Waals surface area contributed by atoms with E-state index in [1.807, 2.05) is 18.2 Å². The lowest BCUT2D eigenvalue weighted by Gasteiger charge is -2.20. The molecular formula is C18H22N4O3. The van der Waals surface area contributed by atoms with Gasteiger partial charge in [-0.1, -0.05) is 6.07 Å². The van der Waals surface area contributed by atoms with Crippen LogP contribution in [0.4, 0.5) is 5.82 Å². The molecule has 1 aliphatic rings. The number of hydrogen-bond donors (Lipinski definition) is 1. The van der Waals surface area contributed by atoms with E-state index < -0.39 is 0 Å². The predicted molar refractivity (Wildman–Crippen MR) is 94.1 cm³/mol. The number of aromatic nitrogens is 2. The summed E-state index contributed by atoms with van der Waals surface area (Å²) in [6.45, 7) is 8.18. The number of fused-ring (bicyclic) bond motifs is 1. The molecule has 2 heterocycles. The summed E-state index contributed by atoms with van der Waals surface area (Å²) in [5.41, 5.74) is 1.31. The Labute approximate surface area is 147 Å². The van der Waals surface area contributed by atoms with E-state index in [-0.39, 0.29) is 12.7 Å². The monoisotopic (exact) mass is 342 g/mol. The van der Waals surface area contributed by atoms with Crippen LogP contribution in [-0.4, -0.2) is 35.8 Å². The molecule has 0 saturated heterocycles. The Morgan fingerprint density at radius 2 is 1.92 bits per heavy atom. The first-order chi connectivity index (χ1) is 12.1. The number of anilines is 1. The Bertz CT molecular complexity index is 775. The van der Waals surface area contributed by atoms with Gasteiger partial charge >= 0.3 is 0 Å². The minimum atomic E-state index is -0.225. The van der Waals surface area contributed by atoms with Crippen LogP contribution in [0.3, 0.4) is 0 Å². The van der Waals surface area contributed by atoms with Crippen molar-refractivity contribution in [3.05, 3.63) is 41.3 Å². The van der Waals surface area contributed by atoms with Gasteiger partial charge in [0.05, 0.1) is 0 Å². The molecule has 0 fully saturated rings. The van der Waals surface area contributed by atoms with E-state index in [4.69, 9.17) is 9.47 Å². The third kappa shape index (κ3) is 3.81. The van der Waals surface area contributed by atoms with Crippen LogP contribution >= 0.6 is 0 Å². The first kappa shape index (κ1) is 17.0. The van der Waals surface area contributed by atoms with Crippen LogP contribution in [0.1, 0.15) is 35.7 Å². The molecule has 1 aromatic heterocycles. The third-order valence-electron chi connectivity index (χ3n) is 4.03. The van der Waals surface area contributed by atoms with Crippen molar-refractivity contribution in [2.75, 3.05) is 24.8 Å². The molecule has 1 N–H and O–H groups in total. The molecule has 7 heteroatoms. The van der Waals surface area contributed by atoms with Crippen molar-refractivity contribution >= 4 is 11.7 Å². The van der Waals surface area contributed by atoms with E-state index in [2.05, 4.69) is 34.0 Å². The summed E-state index contributed by atoms with van der Waals surface area (Å²) in [7, 11) is 0. The van der Waals surface area contributed by atoms with Crippen molar-refractivity contribution in [2.45, 2.75) is 27.3 Å². The summed E-state index contributed by atoms with van der Waals surface area (Å²) in [6, 6.07) is 7.35. The number of rotatable bonds is 6. The molecule has 0 saturated carbocycles. The fourth-order valence-corrected chi connectivity index (χ4v) is 2.70. The van der Waals surface area contributed by atoms with Crippen molar-refractivity contribution in [3.8, 4) is 11.5 Å². The molecule has 1 aliphatic heterocycles. The van der Waals surface area contributed by atoms with Crippen LogP contribution < -0.4 is 19.7 Å². The largest absolute Gasteiger partial charge is 0.454 e. The normalized spacial score (nSPS) is 12.1. The quantitative estimate of drug-likeness (QED) is 0.868. The molecule has 0 radical (unpaired) electrons. The second-order valence-corrected chi connectivity index (χ2v) is 5.70. The Kier molecular flexibility index (Phi) is 5.02. The molecule has 0 atom stereocenters. The molecule has 1 aromatic carbocycles. The number of aryl methyl sites for hydroxylation is 1. The second kappa shape index (κ2) is 7.38. The lowest BCUT2D eigenvalue weighted by Crippen LogP contribution is -2.27. The number of ether oxygens (including phenoxy) is 2. The average Bonchev–Trinajstić information content (AvgIpc) is 3.08. The van der Waals surface area contributed by atoms with Crippen LogP contribution in [0.25, 0.3) is 0 Å². The fourth-order valence-electron chi connectivity index (χ4n) is 2.70. The van der Waals surface area contributed by atoms with E-state index in [9.17, 15) is 4.79 Å². The van der Waals surface area contributed by atoms with Gasteiger partial charge in [-0.15, -0.1) is 0 Å². The summed E-state index contributed by atoms with van der Waals surface area (Å²) >= 11 is 0. The van der Waals surface area contributed by atoms with Crippen molar-refractivity contribution in [1.82, 2.24) is 15.3 Å². The zero-order valence-corrected chi connectivity index (χ0v) is 14.7. The molecule has 7 nitrogen and oxygen atoms in total. The van der Waals surface area contributed by atoms with Crippen LogP contribution in [-0.2, 0) is 6.54 Å².